The molecule has 0 aliphatic carbocycles. The fraction of sp³-hybridized carbons (Fsp3) is 0.263. The molecule has 2 aromatic carbocycles. The zero-order valence-electron chi connectivity index (χ0n) is 15.0. The summed E-state index contributed by atoms with van der Waals surface area (Å²) < 4.78 is 0. The second-order valence-corrected chi connectivity index (χ2v) is 7.15. The second kappa shape index (κ2) is 7.80. The van der Waals surface area contributed by atoms with Gasteiger partial charge in [-0.15, -0.1) is 11.8 Å². The molecule has 0 saturated carbocycles. The molecular weight excluding hydrogens is 348 g/mol. The van der Waals surface area contributed by atoms with Crippen LogP contribution in [0, 0.1) is 0 Å². The number of nitrogens with zero attached hydrogens (tertiary/aromatic N) is 1. The van der Waals surface area contributed by atoms with E-state index in [9.17, 15) is 9.59 Å². The molecule has 0 saturated heterocycles. The van der Waals surface area contributed by atoms with E-state index in [0.717, 1.165) is 5.56 Å². The number of anilines is 1. The lowest BCUT2D eigenvalue weighted by Gasteiger charge is -2.24. The molecule has 0 radical (unpaired) electrons. The SMILES string of the molecule is CSc1ccc(CN(C)[C@@H](C)C(=O)Nc2ccc3[nH]c(=O)[nH]c3c2)cc1. The summed E-state index contributed by atoms with van der Waals surface area (Å²) in [5.74, 6) is -0.0922. The zero-order valence-corrected chi connectivity index (χ0v) is 15.8. The highest BCUT2D eigenvalue weighted by Crippen LogP contribution is 2.17. The number of carbonyl (C=O) groups excluding carboxylic acids is 1. The van der Waals surface area contributed by atoms with Crippen LogP contribution in [0.2, 0.25) is 0 Å². The van der Waals surface area contributed by atoms with E-state index < -0.39 is 0 Å². The normalized spacial score (nSPS) is 12.5. The van der Waals surface area contributed by atoms with E-state index in [4.69, 9.17) is 0 Å². The number of nitrogens with one attached hydrogen (secondary N) is 3. The van der Waals surface area contributed by atoms with Gasteiger partial charge in [0.05, 0.1) is 17.1 Å². The molecule has 1 aromatic heterocycles. The van der Waals surface area contributed by atoms with Gasteiger partial charge >= 0.3 is 5.69 Å². The lowest BCUT2D eigenvalue weighted by Crippen LogP contribution is -2.39. The van der Waals surface area contributed by atoms with Crippen LogP contribution in [0.5, 0.6) is 0 Å². The number of rotatable bonds is 6. The molecule has 26 heavy (non-hydrogen) atoms. The zero-order chi connectivity index (χ0) is 18.7. The molecule has 7 heteroatoms. The van der Waals surface area contributed by atoms with Crippen molar-refractivity contribution in [1.29, 1.82) is 0 Å². The lowest BCUT2D eigenvalue weighted by molar-refractivity contribution is -0.120. The Morgan fingerprint density at radius 1 is 1.15 bits per heavy atom. The third kappa shape index (κ3) is 4.17. The largest absolute Gasteiger partial charge is 0.325 e. The van der Waals surface area contributed by atoms with Gasteiger partial charge in [0.25, 0.3) is 0 Å². The molecule has 1 amide bonds. The highest BCUT2D eigenvalue weighted by Gasteiger charge is 2.18. The molecule has 1 heterocycles. The van der Waals surface area contributed by atoms with E-state index in [2.05, 4.69) is 39.6 Å². The Hall–Kier alpha value is -2.51. The minimum atomic E-state index is -0.295. The number of fused-ring (bicyclic) bond motifs is 1. The fourth-order valence-corrected chi connectivity index (χ4v) is 3.12. The summed E-state index contributed by atoms with van der Waals surface area (Å²) in [6, 6.07) is 13.3. The average Bonchev–Trinajstić information content (AvgIpc) is 3.00. The topological polar surface area (TPSA) is 81.0 Å². The Balaban J connectivity index is 1.64. The van der Waals surface area contributed by atoms with Crippen molar-refractivity contribution in [2.75, 3.05) is 18.6 Å². The summed E-state index contributed by atoms with van der Waals surface area (Å²) in [7, 11) is 1.93. The van der Waals surface area contributed by atoms with Gasteiger partial charge < -0.3 is 15.3 Å². The van der Waals surface area contributed by atoms with Crippen LogP contribution in [0.4, 0.5) is 5.69 Å². The standard InChI is InChI=1S/C19H22N4O2S/c1-12(23(2)11-13-4-7-15(26-3)8-5-13)18(24)20-14-6-9-16-17(10-14)22-19(25)21-16/h4-10,12H,11H2,1-3H3,(H,20,24)(H2,21,22,25)/t12-/m0/s1. The number of amides is 1. The summed E-state index contributed by atoms with van der Waals surface area (Å²) >= 11 is 1.71. The minimum absolute atomic E-state index is 0.0922. The predicted octanol–water partition coefficient (Wildman–Crippen LogP) is 3.04. The molecule has 1 atom stereocenters. The van der Waals surface area contributed by atoms with Gasteiger partial charge in [0.1, 0.15) is 0 Å². The predicted molar refractivity (Wildman–Crippen MR) is 107 cm³/mol. The van der Waals surface area contributed by atoms with Crippen LogP contribution in [0.1, 0.15) is 12.5 Å². The number of H-pyrrole nitrogens is 2. The Morgan fingerprint density at radius 3 is 2.54 bits per heavy atom. The summed E-state index contributed by atoms with van der Waals surface area (Å²) in [5, 5.41) is 2.91. The van der Waals surface area contributed by atoms with E-state index in [0.29, 0.717) is 23.3 Å². The first-order chi connectivity index (χ1) is 12.5. The van der Waals surface area contributed by atoms with Crippen molar-refractivity contribution >= 4 is 34.4 Å². The maximum absolute atomic E-state index is 12.5. The molecule has 6 nitrogen and oxygen atoms in total. The molecular formula is C19H22N4O2S. The summed E-state index contributed by atoms with van der Waals surface area (Å²) in [5.41, 5.74) is 2.94. The fourth-order valence-electron chi connectivity index (χ4n) is 2.71. The molecule has 0 aliphatic rings. The third-order valence-electron chi connectivity index (χ3n) is 4.42. The van der Waals surface area contributed by atoms with Crippen molar-refractivity contribution in [3.63, 3.8) is 0 Å². The molecule has 3 N–H and O–H groups in total. The quantitative estimate of drug-likeness (QED) is 0.583. The van der Waals surface area contributed by atoms with Gasteiger partial charge in [-0.3, -0.25) is 9.69 Å². The maximum atomic E-state index is 12.5. The van der Waals surface area contributed by atoms with E-state index in [-0.39, 0.29) is 17.6 Å². The van der Waals surface area contributed by atoms with Crippen molar-refractivity contribution in [2.24, 2.45) is 0 Å². The first-order valence-corrected chi connectivity index (χ1v) is 9.55. The number of thioether (sulfide) groups is 1. The van der Waals surface area contributed by atoms with E-state index in [1.807, 2.05) is 25.1 Å². The highest BCUT2D eigenvalue weighted by molar-refractivity contribution is 7.98. The lowest BCUT2D eigenvalue weighted by atomic mass is 10.2. The molecule has 0 aliphatic heterocycles. The number of carbonyl (C=O) groups is 1. The Morgan fingerprint density at radius 2 is 1.85 bits per heavy atom. The van der Waals surface area contributed by atoms with Gasteiger partial charge in [-0.2, -0.15) is 0 Å². The molecule has 136 valence electrons. The summed E-state index contributed by atoms with van der Waals surface area (Å²) in [6.45, 7) is 2.57. The van der Waals surface area contributed by atoms with Gasteiger partial charge in [-0.25, -0.2) is 4.79 Å². The summed E-state index contributed by atoms with van der Waals surface area (Å²) in [6.07, 6.45) is 2.05. The first kappa shape index (κ1) is 18.3. The monoisotopic (exact) mass is 370 g/mol. The third-order valence-corrected chi connectivity index (χ3v) is 5.16. The van der Waals surface area contributed by atoms with Crippen molar-refractivity contribution in [3.05, 3.63) is 58.5 Å². The van der Waals surface area contributed by atoms with Crippen LogP contribution in [0.3, 0.4) is 0 Å². The molecule has 3 rings (SSSR count). The molecule has 0 fully saturated rings. The number of imidazole rings is 1. The Bertz CT molecular complexity index is 962. The van der Waals surface area contributed by atoms with Crippen molar-refractivity contribution in [2.45, 2.75) is 24.4 Å². The van der Waals surface area contributed by atoms with Crippen molar-refractivity contribution < 1.29 is 4.79 Å². The van der Waals surface area contributed by atoms with Crippen LogP contribution in [-0.2, 0) is 11.3 Å². The van der Waals surface area contributed by atoms with Crippen molar-refractivity contribution in [3.8, 4) is 0 Å². The molecule has 0 unspecified atom stereocenters. The van der Waals surface area contributed by atoms with Crippen LogP contribution >= 0.6 is 11.8 Å². The van der Waals surface area contributed by atoms with Crippen molar-refractivity contribution in [1.82, 2.24) is 14.9 Å². The smallest absolute Gasteiger partial charge is 0.323 e. The van der Waals surface area contributed by atoms with Gasteiger partial charge in [0, 0.05) is 17.1 Å². The van der Waals surface area contributed by atoms with Gasteiger partial charge in [-0.05, 0) is 56.1 Å². The van der Waals surface area contributed by atoms with Crippen LogP contribution in [0.15, 0.2) is 52.2 Å². The first-order valence-electron chi connectivity index (χ1n) is 8.32. The average molecular weight is 370 g/mol. The highest BCUT2D eigenvalue weighted by atomic mass is 32.2. The minimum Gasteiger partial charge on any atom is -0.325 e. The number of likely N-dealkylation sites (N-methyl/N-ethyl adjacent to an activating group) is 1. The number of benzene rings is 2. The number of aromatic nitrogens is 2. The van der Waals surface area contributed by atoms with Crippen LogP contribution < -0.4 is 11.0 Å². The second-order valence-electron chi connectivity index (χ2n) is 6.27. The maximum Gasteiger partial charge on any atom is 0.323 e. The number of hydrogen-bond donors (Lipinski definition) is 3. The van der Waals surface area contributed by atoms with Gasteiger partial charge in [0.15, 0.2) is 0 Å². The Kier molecular flexibility index (Phi) is 5.49. The Labute approximate surface area is 156 Å². The molecule has 0 spiro atoms. The molecule has 0 bridgehead atoms. The van der Waals surface area contributed by atoms with Gasteiger partial charge in [0.2, 0.25) is 5.91 Å². The van der Waals surface area contributed by atoms with E-state index >= 15 is 0 Å². The van der Waals surface area contributed by atoms with Crippen LogP contribution in [-0.4, -0.2) is 40.1 Å². The van der Waals surface area contributed by atoms with Gasteiger partial charge in [-0.1, -0.05) is 12.1 Å². The molecule has 3 aromatic rings. The number of aromatic amines is 2. The number of hydrogen-bond acceptors (Lipinski definition) is 4. The van der Waals surface area contributed by atoms with Crippen LogP contribution in [0.25, 0.3) is 11.0 Å². The summed E-state index contributed by atoms with van der Waals surface area (Å²) in [4.78, 5) is 32.5. The van der Waals surface area contributed by atoms with E-state index in [1.165, 1.54) is 4.90 Å². The van der Waals surface area contributed by atoms with E-state index in [1.54, 1.807) is 30.0 Å².